The Labute approximate surface area is 97.0 Å². The van der Waals surface area contributed by atoms with Crippen molar-refractivity contribution in [1.82, 2.24) is 0 Å². The second-order valence-electron chi connectivity index (χ2n) is 5.22. The van der Waals surface area contributed by atoms with Crippen LogP contribution in [0.25, 0.3) is 0 Å². The molecular weight excluding hydrogens is 200 g/mol. The minimum absolute atomic E-state index is 0.372. The highest BCUT2D eigenvalue weighted by molar-refractivity contribution is 6.69. The lowest BCUT2D eigenvalue weighted by Crippen LogP contribution is -2.32. The third kappa shape index (κ3) is 7.80. The molecule has 2 heteroatoms. The van der Waals surface area contributed by atoms with Gasteiger partial charge in [-0.05, 0) is 45.0 Å². The van der Waals surface area contributed by atoms with Gasteiger partial charge in [-0.1, -0.05) is 32.8 Å². The van der Waals surface area contributed by atoms with E-state index in [4.69, 9.17) is 4.43 Å². The number of allylic oxidation sites excluding steroid dienone is 1. The lowest BCUT2D eigenvalue weighted by Gasteiger charge is -2.27. The summed E-state index contributed by atoms with van der Waals surface area (Å²) < 4.78 is 6.22. The van der Waals surface area contributed by atoms with Gasteiger partial charge in [0.1, 0.15) is 0 Å². The molecule has 90 valence electrons. The van der Waals surface area contributed by atoms with Crippen molar-refractivity contribution in [2.24, 2.45) is 0 Å². The van der Waals surface area contributed by atoms with E-state index in [2.05, 4.69) is 46.5 Å². The summed E-state index contributed by atoms with van der Waals surface area (Å²) in [7, 11) is -1.40. The Kier molecular flexibility index (Phi) is 7.19. The van der Waals surface area contributed by atoms with Gasteiger partial charge in [-0.15, -0.1) is 0 Å². The topological polar surface area (TPSA) is 9.23 Å². The summed E-state index contributed by atoms with van der Waals surface area (Å²) >= 11 is 0. The van der Waals surface area contributed by atoms with Crippen molar-refractivity contribution in [1.29, 1.82) is 0 Å². The second kappa shape index (κ2) is 7.23. The molecule has 0 heterocycles. The molecule has 0 aromatic heterocycles. The number of unbranched alkanes of at least 4 members (excludes halogenated alkanes) is 1. The van der Waals surface area contributed by atoms with E-state index < -0.39 is 8.32 Å². The zero-order chi connectivity index (χ0) is 11.9. The fourth-order valence-electron chi connectivity index (χ4n) is 1.65. The zero-order valence-corrected chi connectivity index (χ0v) is 12.4. The highest BCUT2D eigenvalue weighted by Crippen LogP contribution is 2.19. The van der Waals surface area contributed by atoms with E-state index in [1.54, 1.807) is 0 Å². The van der Waals surface area contributed by atoms with Crippen LogP contribution in [0.1, 0.15) is 46.5 Å². The first-order valence-corrected chi connectivity index (χ1v) is 9.66. The van der Waals surface area contributed by atoms with Gasteiger partial charge in [0.2, 0.25) is 0 Å². The Morgan fingerprint density at radius 3 is 2.27 bits per heavy atom. The molecule has 0 amide bonds. The standard InChI is InChI=1S/C13H28OSi/c1-7-9-11-13(12(3)10-8-2)14-15(4,5)6/h10,13H,7-9,11H2,1-6H3/b12-10+. The maximum atomic E-state index is 6.22. The first-order chi connectivity index (χ1) is 6.90. The summed E-state index contributed by atoms with van der Waals surface area (Å²) in [6, 6.07) is 0. The van der Waals surface area contributed by atoms with E-state index in [9.17, 15) is 0 Å². The summed E-state index contributed by atoms with van der Waals surface area (Å²) in [5, 5.41) is 0. The zero-order valence-electron chi connectivity index (χ0n) is 11.4. The molecule has 0 spiro atoms. The number of hydrogen-bond acceptors (Lipinski definition) is 1. The van der Waals surface area contributed by atoms with Crippen LogP contribution < -0.4 is 0 Å². The third-order valence-electron chi connectivity index (χ3n) is 2.35. The molecule has 0 aliphatic carbocycles. The Morgan fingerprint density at radius 1 is 1.27 bits per heavy atom. The van der Waals surface area contributed by atoms with Crippen LogP contribution in [0.4, 0.5) is 0 Å². The molecule has 0 saturated heterocycles. The smallest absolute Gasteiger partial charge is 0.184 e. The molecule has 0 rings (SSSR count). The largest absolute Gasteiger partial charge is 0.411 e. The van der Waals surface area contributed by atoms with E-state index in [1.807, 2.05) is 0 Å². The van der Waals surface area contributed by atoms with Crippen molar-refractivity contribution in [3.8, 4) is 0 Å². The van der Waals surface area contributed by atoms with Crippen LogP contribution in [0.5, 0.6) is 0 Å². The molecule has 0 aromatic carbocycles. The Bertz CT molecular complexity index is 191. The van der Waals surface area contributed by atoms with Crippen molar-refractivity contribution in [3.05, 3.63) is 11.6 Å². The minimum Gasteiger partial charge on any atom is -0.411 e. The van der Waals surface area contributed by atoms with Crippen LogP contribution in [0.2, 0.25) is 19.6 Å². The molecule has 0 aliphatic rings. The fourth-order valence-corrected chi connectivity index (χ4v) is 2.81. The van der Waals surface area contributed by atoms with Crippen molar-refractivity contribution >= 4 is 8.32 Å². The summed E-state index contributed by atoms with van der Waals surface area (Å²) in [5.41, 5.74) is 1.42. The van der Waals surface area contributed by atoms with Gasteiger partial charge in [0.15, 0.2) is 8.32 Å². The summed E-state index contributed by atoms with van der Waals surface area (Å²) in [6.45, 7) is 13.4. The van der Waals surface area contributed by atoms with Crippen LogP contribution in [0.3, 0.4) is 0 Å². The maximum absolute atomic E-state index is 6.22. The molecule has 15 heavy (non-hydrogen) atoms. The molecule has 0 saturated carbocycles. The average Bonchev–Trinajstić information content (AvgIpc) is 2.10. The lowest BCUT2D eigenvalue weighted by molar-refractivity contribution is 0.215. The van der Waals surface area contributed by atoms with Gasteiger partial charge < -0.3 is 4.43 Å². The molecule has 0 N–H and O–H groups in total. The van der Waals surface area contributed by atoms with Gasteiger partial charge in [0.05, 0.1) is 6.10 Å². The van der Waals surface area contributed by atoms with Gasteiger partial charge in [0, 0.05) is 0 Å². The van der Waals surface area contributed by atoms with Gasteiger partial charge in [-0.2, -0.15) is 0 Å². The van der Waals surface area contributed by atoms with E-state index in [0.717, 1.165) is 6.42 Å². The van der Waals surface area contributed by atoms with Crippen molar-refractivity contribution in [2.75, 3.05) is 0 Å². The summed E-state index contributed by atoms with van der Waals surface area (Å²) in [4.78, 5) is 0. The monoisotopic (exact) mass is 228 g/mol. The second-order valence-corrected chi connectivity index (χ2v) is 9.68. The number of hydrogen-bond donors (Lipinski definition) is 0. The molecular formula is C13H28OSi. The molecule has 0 bridgehead atoms. The van der Waals surface area contributed by atoms with E-state index in [-0.39, 0.29) is 0 Å². The van der Waals surface area contributed by atoms with Crippen molar-refractivity contribution in [2.45, 2.75) is 72.2 Å². The van der Waals surface area contributed by atoms with Crippen molar-refractivity contribution in [3.63, 3.8) is 0 Å². The SMILES string of the molecule is CC/C=C(\C)C(CCCC)O[Si](C)(C)C. The molecule has 0 aromatic rings. The molecule has 1 nitrogen and oxygen atoms in total. The highest BCUT2D eigenvalue weighted by Gasteiger charge is 2.21. The molecule has 0 fully saturated rings. The maximum Gasteiger partial charge on any atom is 0.184 e. The predicted octanol–water partition coefficient (Wildman–Crippen LogP) is 4.75. The molecule has 0 radical (unpaired) electrons. The van der Waals surface area contributed by atoms with Crippen LogP contribution in [0, 0.1) is 0 Å². The van der Waals surface area contributed by atoms with Crippen molar-refractivity contribution < 1.29 is 4.43 Å². The third-order valence-corrected chi connectivity index (χ3v) is 3.34. The van der Waals surface area contributed by atoms with Crippen LogP contribution in [0.15, 0.2) is 11.6 Å². The average molecular weight is 228 g/mol. The lowest BCUT2D eigenvalue weighted by atomic mass is 10.0. The molecule has 1 unspecified atom stereocenters. The van der Waals surface area contributed by atoms with Gasteiger partial charge >= 0.3 is 0 Å². The number of rotatable bonds is 7. The predicted molar refractivity (Wildman–Crippen MR) is 71.8 cm³/mol. The van der Waals surface area contributed by atoms with Gasteiger partial charge in [-0.25, -0.2) is 0 Å². The highest BCUT2D eigenvalue weighted by atomic mass is 28.4. The van der Waals surface area contributed by atoms with Crippen LogP contribution in [-0.4, -0.2) is 14.4 Å². The minimum atomic E-state index is -1.40. The quantitative estimate of drug-likeness (QED) is 0.451. The Balaban J connectivity index is 4.37. The van der Waals surface area contributed by atoms with E-state index in [0.29, 0.717) is 6.10 Å². The molecule has 0 aliphatic heterocycles. The van der Waals surface area contributed by atoms with E-state index in [1.165, 1.54) is 24.8 Å². The normalized spacial score (nSPS) is 15.5. The molecule has 1 atom stereocenters. The Morgan fingerprint density at radius 2 is 1.87 bits per heavy atom. The Hall–Kier alpha value is -0.0831. The van der Waals surface area contributed by atoms with Crippen LogP contribution in [-0.2, 0) is 4.43 Å². The van der Waals surface area contributed by atoms with Gasteiger partial charge in [0.25, 0.3) is 0 Å². The fraction of sp³-hybridized carbons (Fsp3) is 0.846. The first kappa shape index (κ1) is 14.9. The van der Waals surface area contributed by atoms with Crippen LogP contribution >= 0.6 is 0 Å². The van der Waals surface area contributed by atoms with Gasteiger partial charge in [-0.3, -0.25) is 0 Å². The summed E-state index contributed by atoms with van der Waals surface area (Å²) in [6.07, 6.45) is 7.50. The van der Waals surface area contributed by atoms with E-state index >= 15 is 0 Å². The first-order valence-electron chi connectivity index (χ1n) is 6.25. The summed E-state index contributed by atoms with van der Waals surface area (Å²) in [5.74, 6) is 0.